The summed E-state index contributed by atoms with van der Waals surface area (Å²) in [6.07, 6.45) is 0. The Balaban J connectivity index is 1.57. The molecule has 0 saturated carbocycles. The van der Waals surface area contributed by atoms with E-state index in [1.54, 1.807) is 0 Å². The predicted molar refractivity (Wildman–Crippen MR) is 107 cm³/mol. The van der Waals surface area contributed by atoms with Gasteiger partial charge in [0.2, 0.25) is 5.91 Å². The lowest BCUT2D eigenvalue weighted by Gasteiger charge is -2.36. The van der Waals surface area contributed by atoms with E-state index in [1.807, 2.05) is 30.4 Å². The van der Waals surface area contributed by atoms with E-state index in [9.17, 15) is 4.79 Å². The lowest BCUT2D eigenvalue weighted by molar-refractivity contribution is -0.136. The number of amides is 1. The van der Waals surface area contributed by atoms with Crippen molar-refractivity contribution in [2.24, 2.45) is 0 Å². The largest absolute Gasteiger partial charge is 0.338 e. The summed E-state index contributed by atoms with van der Waals surface area (Å²) >= 11 is 3.54. The number of halogens is 1. The minimum atomic E-state index is -0.274. The van der Waals surface area contributed by atoms with Gasteiger partial charge in [-0.15, -0.1) is 0 Å². The number of hydrogen-bond donors (Lipinski definition) is 0. The fourth-order valence-electron chi connectivity index (χ4n) is 3.47. The summed E-state index contributed by atoms with van der Waals surface area (Å²) in [5.41, 5.74) is 4.54. The molecule has 0 spiro atoms. The van der Waals surface area contributed by atoms with Crippen LogP contribution < -0.4 is 0 Å². The average Bonchev–Trinajstić information content (AvgIpc) is 2.90. The second-order valence-corrected chi connectivity index (χ2v) is 7.99. The van der Waals surface area contributed by atoms with Gasteiger partial charge in [-0.2, -0.15) is 5.10 Å². The molecule has 5 nitrogen and oxygen atoms in total. The van der Waals surface area contributed by atoms with E-state index in [4.69, 9.17) is 0 Å². The van der Waals surface area contributed by atoms with Crippen LogP contribution in [0.2, 0.25) is 0 Å². The molecule has 1 fully saturated rings. The maximum Gasteiger partial charge on any atom is 0.247 e. The smallest absolute Gasteiger partial charge is 0.247 e. The second kappa shape index (κ2) is 7.92. The van der Waals surface area contributed by atoms with Crippen molar-refractivity contribution in [2.45, 2.75) is 40.3 Å². The monoisotopic (exact) mass is 418 g/mol. The molecule has 1 aromatic carbocycles. The van der Waals surface area contributed by atoms with Crippen LogP contribution in [0.25, 0.3) is 0 Å². The van der Waals surface area contributed by atoms with Crippen molar-refractivity contribution in [2.75, 3.05) is 26.2 Å². The molecule has 1 atom stereocenters. The summed E-state index contributed by atoms with van der Waals surface area (Å²) < 4.78 is 2.82. The third-order valence-electron chi connectivity index (χ3n) is 5.17. The number of piperazine rings is 1. The van der Waals surface area contributed by atoms with E-state index < -0.39 is 0 Å². The maximum atomic E-state index is 12.9. The molecule has 6 heteroatoms. The van der Waals surface area contributed by atoms with Gasteiger partial charge in [0.25, 0.3) is 0 Å². The Bertz CT molecular complexity index is 776. The van der Waals surface area contributed by atoms with E-state index in [0.717, 1.165) is 48.6 Å². The molecular weight excluding hydrogens is 392 g/mol. The molecule has 26 heavy (non-hydrogen) atoms. The standard InChI is InChI=1S/C20H27BrN4O/c1-14-5-7-18(8-6-14)13-23-9-11-24(12-10-23)20(26)17(4)25-16(3)19(21)15(2)22-25/h5-8,17H,9-13H2,1-4H3. The molecule has 2 aromatic rings. The summed E-state index contributed by atoms with van der Waals surface area (Å²) in [6, 6.07) is 8.42. The number of rotatable bonds is 4. The normalized spacial score (nSPS) is 16.7. The summed E-state index contributed by atoms with van der Waals surface area (Å²) in [7, 11) is 0. The predicted octanol–water partition coefficient (Wildman–Crippen LogP) is 3.48. The number of nitrogens with zero attached hydrogens (tertiary/aromatic N) is 4. The van der Waals surface area contributed by atoms with Crippen LogP contribution in [0.3, 0.4) is 0 Å². The number of carbonyl (C=O) groups excluding carboxylic acids is 1. The third kappa shape index (κ3) is 4.01. The Labute approximate surface area is 164 Å². The van der Waals surface area contributed by atoms with Crippen LogP contribution in [0.15, 0.2) is 28.7 Å². The molecule has 1 aromatic heterocycles. The zero-order valence-electron chi connectivity index (χ0n) is 16.0. The Morgan fingerprint density at radius 1 is 1.12 bits per heavy atom. The highest BCUT2D eigenvalue weighted by atomic mass is 79.9. The summed E-state index contributed by atoms with van der Waals surface area (Å²) in [4.78, 5) is 17.3. The highest BCUT2D eigenvalue weighted by molar-refractivity contribution is 9.10. The first-order valence-corrected chi connectivity index (χ1v) is 9.94. The van der Waals surface area contributed by atoms with Crippen LogP contribution in [0, 0.1) is 20.8 Å². The average molecular weight is 419 g/mol. The van der Waals surface area contributed by atoms with Crippen LogP contribution in [-0.2, 0) is 11.3 Å². The van der Waals surface area contributed by atoms with Gasteiger partial charge in [-0.25, -0.2) is 0 Å². The van der Waals surface area contributed by atoms with Crippen LogP contribution in [0.1, 0.15) is 35.5 Å². The van der Waals surface area contributed by atoms with Gasteiger partial charge in [-0.1, -0.05) is 29.8 Å². The molecule has 0 radical (unpaired) electrons. The van der Waals surface area contributed by atoms with Crippen LogP contribution >= 0.6 is 15.9 Å². The molecule has 0 bridgehead atoms. The molecule has 1 aliphatic heterocycles. The topological polar surface area (TPSA) is 41.4 Å². The van der Waals surface area contributed by atoms with E-state index in [0.29, 0.717) is 0 Å². The molecule has 3 rings (SSSR count). The van der Waals surface area contributed by atoms with Gasteiger partial charge < -0.3 is 4.90 Å². The van der Waals surface area contributed by atoms with E-state index in [-0.39, 0.29) is 11.9 Å². The highest BCUT2D eigenvalue weighted by Gasteiger charge is 2.27. The first-order chi connectivity index (χ1) is 12.4. The number of hydrogen-bond acceptors (Lipinski definition) is 3. The minimum absolute atomic E-state index is 0.151. The number of benzene rings is 1. The Morgan fingerprint density at radius 2 is 1.73 bits per heavy atom. The lowest BCUT2D eigenvalue weighted by atomic mass is 10.1. The summed E-state index contributed by atoms with van der Waals surface area (Å²) in [6.45, 7) is 12.3. The van der Waals surface area contributed by atoms with Crippen LogP contribution in [-0.4, -0.2) is 51.7 Å². The zero-order valence-corrected chi connectivity index (χ0v) is 17.6. The van der Waals surface area contributed by atoms with Crippen molar-refractivity contribution in [3.63, 3.8) is 0 Å². The lowest BCUT2D eigenvalue weighted by Crippen LogP contribution is -2.50. The first-order valence-electron chi connectivity index (χ1n) is 9.14. The van der Waals surface area contributed by atoms with Crippen molar-refractivity contribution < 1.29 is 4.79 Å². The molecule has 0 aliphatic carbocycles. The van der Waals surface area contributed by atoms with Gasteiger partial charge in [0.05, 0.1) is 15.9 Å². The molecule has 1 aliphatic rings. The van der Waals surface area contributed by atoms with Crippen molar-refractivity contribution in [1.29, 1.82) is 0 Å². The fourth-order valence-corrected chi connectivity index (χ4v) is 3.73. The van der Waals surface area contributed by atoms with Crippen LogP contribution in [0.5, 0.6) is 0 Å². The van der Waals surface area contributed by atoms with Crippen LogP contribution in [0.4, 0.5) is 0 Å². The zero-order chi connectivity index (χ0) is 18.8. The van der Waals surface area contributed by atoms with E-state index >= 15 is 0 Å². The van der Waals surface area contributed by atoms with E-state index in [1.165, 1.54) is 11.1 Å². The Morgan fingerprint density at radius 3 is 2.27 bits per heavy atom. The van der Waals surface area contributed by atoms with Gasteiger partial charge in [0, 0.05) is 32.7 Å². The van der Waals surface area contributed by atoms with Gasteiger partial charge >= 0.3 is 0 Å². The molecule has 2 heterocycles. The number of carbonyl (C=O) groups is 1. The van der Waals surface area contributed by atoms with Gasteiger partial charge in [-0.05, 0) is 49.2 Å². The summed E-state index contributed by atoms with van der Waals surface area (Å²) in [5, 5.41) is 4.52. The Kier molecular flexibility index (Phi) is 5.82. The SMILES string of the molecule is Cc1ccc(CN2CCN(C(=O)C(C)n3nc(C)c(Br)c3C)CC2)cc1. The van der Waals surface area contributed by atoms with Crippen molar-refractivity contribution in [1.82, 2.24) is 19.6 Å². The quantitative estimate of drug-likeness (QED) is 0.762. The second-order valence-electron chi connectivity index (χ2n) is 7.19. The Hall–Kier alpha value is -1.66. The molecule has 1 saturated heterocycles. The maximum absolute atomic E-state index is 12.9. The van der Waals surface area contributed by atoms with Gasteiger partial charge in [-0.3, -0.25) is 14.4 Å². The first kappa shape index (κ1) is 19.1. The minimum Gasteiger partial charge on any atom is -0.338 e. The number of aryl methyl sites for hydroxylation is 2. The summed E-state index contributed by atoms with van der Waals surface area (Å²) in [5.74, 6) is 0.151. The fraction of sp³-hybridized carbons (Fsp3) is 0.500. The molecule has 1 unspecified atom stereocenters. The van der Waals surface area contributed by atoms with Crippen molar-refractivity contribution >= 4 is 21.8 Å². The molecule has 0 N–H and O–H groups in total. The van der Waals surface area contributed by atoms with Crippen molar-refractivity contribution in [3.05, 3.63) is 51.3 Å². The van der Waals surface area contributed by atoms with Gasteiger partial charge in [0.15, 0.2) is 0 Å². The van der Waals surface area contributed by atoms with E-state index in [2.05, 4.69) is 57.1 Å². The van der Waals surface area contributed by atoms with Gasteiger partial charge in [0.1, 0.15) is 6.04 Å². The molecule has 1 amide bonds. The molecular formula is C20H27BrN4O. The molecule has 140 valence electrons. The third-order valence-corrected chi connectivity index (χ3v) is 6.32. The number of aromatic nitrogens is 2. The van der Waals surface area contributed by atoms with Crippen molar-refractivity contribution in [3.8, 4) is 0 Å². The highest BCUT2D eigenvalue weighted by Crippen LogP contribution is 2.24.